The van der Waals surface area contributed by atoms with Crippen molar-refractivity contribution in [1.82, 2.24) is 4.98 Å². The normalized spacial score (nSPS) is 23.6. The number of piperidine rings is 1. The van der Waals surface area contributed by atoms with Gasteiger partial charge in [0.1, 0.15) is 0 Å². The largest absolute Gasteiger partial charge is 0.379 e. The minimum absolute atomic E-state index is 0.256. The highest BCUT2D eigenvalue weighted by atomic mass is 32.1. The van der Waals surface area contributed by atoms with Crippen LogP contribution in [0.2, 0.25) is 0 Å². The molecule has 5 heteroatoms. The smallest absolute Gasteiger partial charge is 0.186 e. The fourth-order valence-electron chi connectivity index (χ4n) is 2.51. The van der Waals surface area contributed by atoms with Gasteiger partial charge in [-0.15, -0.1) is 0 Å². The number of aldehydes is 1. The zero-order valence-electron chi connectivity index (χ0n) is 11.9. The highest BCUT2D eigenvalue weighted by molar-refractivity contribution is 7.17. The van der Waals surface area contributed by atoms with Crippen molar-refractivity contribution in [2.24, 2.45) is 5.92 Å². The fourth-order valence-corrected chi connectivity index (χ4v) is 3.47. The molecule has 1 aliphatic heterocycles. The van der Waals surface area contributed by atoms with Crippen LogP contribution >= 0.6 is 11.3 Å². The Morgan fingerprint density at radius 2 is 2.37 bits per heavy atom. The van der Waals surface area contributed by atoms with Gasteiger partial charge in [0.25, 0.3) is 0 Å². The van der Waals surface area contributed by atoms with Crippen LogP contribution in [0.4, 0.5) is 5.13 Å². The summed E-state index contributed by atoms with van der Waals surface area (Å²) in [5.41, 5.74) is 0.949. The van der Waals surface area contributed by atoms with Gasteiger partial charge in [0.15, 0.2) is 11.4 Å². The number of nitrogens with zero attached hydrogens (tertiary/aromatic N) is 2. The molecule has 1 aromatic rings. The van der Waals surface area contributed by atoms with Gasteiger partial charge in [-0.2, -0.15) is 0 Å². The molecule has 2 unspecified atom stereocenters. The molecule has 1 saturated heterocycles. The van der Waals surface area contributed by atoms with Gasteiger partial charge >= 0.3 is 0 Å². The minimum Gasteiger partial charge on any atom is -0.379 e. The molecule has 0 amide bonds. The predicted molar refractivity (Wildman–Crippen MR) is 78.3 cm³/mol. The van der Waals surface area contributed by atoms with Crippen LogP contribution in [0.15, 0.2) is 0 Å². The lowest BCUT2D eigenvalue weighted by molar-refractivity contribution is 0.0498. The molecular formula is C14H22N2O2S. The Kier molecular flexibility index (Phi) is 4.93. The fraction of sp³-hybridized carbons (Fsp3) is 0.714. The second-order valence-corrected chi connectivity index (χ2v) is 6.17. The van der Waals surface area contributed by atoms with Gasteiger partial charge in [0, 0.05) is 20.2 Å². The lowest BCUT2D eigenvalue weighted by atomic mass is 9.96. The Balaban J connectivity index is 2.15. The third-order valence-corrected chi connectivity index (χ3v) is 4.86. The number of carbonyl (C=O) groups is 1. The van der Waals surface area contributed by atoms with Gasteiger partial charge < -0.3 is 9.64 Å². The third-order valence-electron chi connectivity index (χ3n) is 3.77. The Bertz CT molecular complexity index is 433. The molecule has 0 aromatic carbocycles. The summed E-state index contributed by atoms with van der Waals surface area (Å²) in [6.07, 6.45) is 4.20. The first-order valence-corrected chi connectivity index (χ1v) is 7.73. The van der Waals surface area contributed by atoms with Crippen molar-refractivity contribution < 1.29 is 9.53 Å². The molecule has 0 saturated carbocycles. The maximum atomic E-state index is 11.1. The quantitative estimate of drug-likeness (QED) is 0.779. The van der Waals surface area contributed by atoms with E-state index in [1.165, 1.54) is 11.3 Å². The predicted octanol–water partition coefficient (Wildman–Crippen LogP) is 2.77. The average Bonchev–Trinajstić information content (AvgIpc) is 2.83. The molecule has 0 radical (unpaired) electrons. The van der Waals surface area contributed by atoms with Crippen molar-refractivity contribution in [3.8, 4) is 0 Å². The van der Waals surface area contributed by atoms with Crippen LogP contribution in [-0.4, -0.2) is 37.6 Å². The molecule has 2 atom stereocenters. The van der Waals surface area contributed by atoms with Crippen LogP contribution in [-0.2, 0) is 11.2 Å². The lowest BCUT2D eigenvalue weighted by Crippen LogP contribution is -2.43. The molecule has 0 N–H and O–H groups in total. The van der Waals surface area contributed by atoms with Gasteiger partial charge in [0.2, 0.25) is 0 Å². The van der Waals surface area contributed by atoms with Gasteiger partial charge in [-0.25, -0.2) is 4.98 Å². The van der Waals surface area contributed by atoms with E-state index in [0.29, 0.717) is 5.92 Å². The van der Waals surface area contributed by atoms with Crippen molar-refractivity contribution in [2.75, 3.05) is 25.1 Å². The van der Waals surface area contributed by atoms with E-state index >= 15 is 0 Å². The number of aromatic nitrogens is 1. The molecule has 2 rings (SSSR count). The summed E-state index contributed by atoms with van der Waals surface area (Å²) in [7, 11) is 1.77. The molecule has 0 spiro atoms. The van der Waals surface area contributed by atoms with E-state index in [2.05, 4.69) is 23.7 Å². The SMILES string of the molecule is CCCc1nc(N2CCC(C)C(OC)C2)sc1C=O. The molecular weight excluding hydrogens is 260 g/mol. The van der Waals surface area contributed by atoms with Gasteiger partial charge in [-0.1, -0.05) is 31.6 Å². The monoisotopic (exact) mass is 282 g/mol. The van der Waals surface area contributed by atoms with E-state index in [0.717, 1.165) is 54.3 Å². The maximum Gasteiger partial charge on any atom is 0.186 e. The molecule has 1 aliphatic rings. The number of hydrogen-bond donors (Lipinski definition) is 0. The molecule has 1 fully saturated rings. The van der Waals surface area contributed by atoms with Crippen molar-refractivity contribution in [3.05, 3.63) is 10.6 Å². The molecule has 1 aromatic heterocycles. The van der Waals surface area contributed by atoms with E-state index in [1.807, 2.05) is 0 Å². The summed E-state index contributed by atoms with van der Waals surface area (Å²) in [4.78, 5) is 18.8. The van der Waals surface area contributed by atoms with Crippen molar-refractivity contribution >= 4 is 22.8 Å². The highest BCUT2D eigenvalue weighted by Crippen LogP contribution is 2.30. The highest BCUT2D eigenvalue weighted by Gasteiger charge is 2.28. The van der Waals surface area contributed by atoms with Gasteiger partial charge in [-0.05, 0) is 18.8 Å². The number of rotatable bonds is 5. The number of aryl methyl sites for hydroxylation is 1. The molecule has 19 heavy (non-hydrogen) atoms. The van der Waals surface area contributed by atoms with Crippen LogP contribution in [0.1, 0.15) is 42.1 Å². The van der Waals surface area contributed by atoms with Crippen LogP contribution in [0, 0.1) is 5.92 Å². The van der Waals surface area contributed by atoms with E-state index < -0.39 is 0 Å². The number of thiazole rings is 1. The number of ether oxygens (including phenoxy) is 1. The Morgan fingerprint density at radius 3 is 3.00 bits per heavy atom. The van der Waals surface area contributed by atoms with Crippen LogP contribution in [0.5, 0.6) is 0 Å². The maximum absolute atomic E-state index is 11.1. The van der Waals surface area contributed by atoms with Crippen LogP contribution < -0.4 is 4.90 Å². The van der Waals surface area contributed by atoms with Crippen molar-refractivity contribution in [2.45, 2.75) is 39.2 Å². The minimum atomic E-state index is 0.256. The Hall–Kier alpha value is -0.940. The van der Waals surface area contributed by atoms with Gasteiger partial charge in [-0.3, -0.25) is 4.79 Å². The van der Waals surface area contributed by atoms with Crippen LogP contribution in [0.3, 0.4) is 0 Å². The lowest BCUT2D eigenvalue weighted by Gasteiger charge is -2.36. The molecule has 0 aliphatic carbocycles. The first kappa shape index (κ1) is 14.5. The van der Waals surface area contributed by atoms with Crippen molar-refractivity contribution in [3.63, 3.8) is 0 Å². The zero-order valence-corrected chi connectivity index (χ0v) is 12.7. The summed E-state index contributed by atoms with van der Waals surface area (Å²) >= 11 is 1.51. The first-order chi connectivity index (χ1) is 9.19. The summed E-state index contributed by atoms with van der Waals surface area (Å²) in [5.74, 6) is 0.585. The summed E-state index contributed by atoms with van der Waals surface area (Å²) in [6.45, 7) is 6.21. The average molecular weight is 282 g/mol. The summed E-state index contributed by atoms with van der Waals surface area (Å²) in [5, 5.41) is 0.972. The molecule has 0 bridgehead atoms. The van der Waals surface area contributed by atoms with Gasteiger partial charge in [0.05, 0.1) is 16.7 Å². The molecule has 2 heterocycles. The first-order valence-electron chi connectivity index (χ1n) is 6.92. The molecule has 106 valence electrons. The second kappa shape index (κ2) is 6.48. The summed E-state index contributed by atoms with van der Waals surface area (Å²) < 4.78 is 5.53. The Morgan fingerprint density at radius 1 is 1.58 bits per heavy atom. The third kappa shape index (κ3) is 3.15. The zero-order chi connectivity index (χ0) is 13.8. The van der Waals surface area contributed by atoms with Crippen molar-refractivity contribution in [1.29, 1.82) is 0 Å². The van der Waals surface area contributed by atoms with E-state index in [-0.39, 0.29) is 6.10 Å². The standard InChI is InChI=1S/C14H22N2O2S/c1-4-5-11-13(9-17)19-14(15-11)16-7-6-10(2)12(8-16)18-3/h9-10,12H,4-8H2,1-3H3. The van der Waals surface area contributed by atoms with E-state index in [9.17, 15) is 4.79 Å². The number of hydrogen-bond acceptors (Lipinski definition) is 5. The van der Waals surface area contributed by atoms with Crippen LogP contribution in [0.25, 0.3) is 0 Å². The number of methoxy groups -OCH3 is 1. The number of anilines is 1. The van der Waals surface area contributed by atoms with E-state index in [1.54, 1.807) is 7.11 Å². The topological polar surface area (TPSA) is 42.4 Å². The second-order valence-electron chi connectivity index (χ2n) is 5.16. The van der Waals surface area contributed by atoms with E-state index in [4.69, 9.17) is 4.74 Å². The Labute approximate surface area is 118 Å². The molecule has 4 nitrogen and oxygen atoms in total. The summed E-state index contributed by atoms with van der Waals surface area (Å²) in [6, 6.07) is 0. The number of carbonyl (C=O) groups excluding carboxylic acids is 1.